The lowest BCUT2D eigenvalue weighted by Gasteiger charge is -2.30. The van der Waals surface area contributed by atoms with Gasteiger partial charge in [0.25, 0.3) is 0 Å². The van der Waals surface area contributed by atoms with Gasteiger partial charge in [-0.25, -0.2) is 0 Å². The van der Waals surface area contributed by atoms with Gasteiger partial charge in [-0.05, 0) is 56.9 Å². The molecule has 0 radical (unpaired) electrons. The highest BCUT2D eigenvalue weighted by molar-refractivity contribution is 5.07. The zero-order valence-corrected chi connectivity index (χ0v) is 12.5. The molecule has 1 aromatic heterocycles. The average molecular weight is 264 g/mol. The van der Waals surface area contributed by atoms with E-state index in [9.17, 15) is 0 Å². The van der Waals surface area contributed by atoms with Crippen LogP contribution >= 0.6 is 0 Å². The number of rotatable bonds is 7. The van der Waals surface area contributed by atoms with Crippen molar-refractivity contribution in [1.82, 2.24) is 10.2 Å². The molecule has 0 atom stereocenters. The van der Waals surface area contributed by atoms with E-state index in [4.69, 9.17) is 4.42 Å². The first-order chi connectivity index (χ1) is 9.31. The molecule has 108 valence electrons. The maximum Gasteiger partial charge on any atom is 0.118 e. The zero-order valence-electron chi connectivity index (χ0n) is 12.5. The number of piperidine rings is 1. The van der Waals surface area contributed by atoms with Crippen molar-refractivity contribution in [3.8, 4) is 0 Å². The Balaban J connectivity index is 1.74. The Labute approximate surface area is 117 Å². The van der Waals surface area contributed by atoms with E-state index in [0.717, 1.165) is 37.1 Å². The van der Waals surface area contributed by atoms with Gasteiger partial charge in [-0.2, -0.15) is 0 Å². The summed E-state index contributed by atoms with van der Waals surface area (Å²) in [5.41, 5.74) is 0. The number of nitrogens with zero attached hydrogens (tertiary/aromatic N) is 1. The van der Waals surface area contributed by atoms with E-state index >= 15 is 0 Å². The highest BCUT2D eigenvalue weighted by atomic mass is 16.3. The number of furan rings is 1. The molecule has 2 heterocycles. The molecule has 3 heteroatoms. The van der Waals surface area contributed by atoms with E-state index in [1.807, 2.05) is 0 Å². The van der Waals surface area contributed by atoms with Crippen LogP contribution < -0.4 is 5.32 Å². The monoisotopic (exact) mass is 264 g/mol. The first-order valence-electron chi connectivity index (χ1n) is 7.82. The van der Waals surface area contributed by atoms with Crippen LogP contribution in [0.5, 0.6) is 0 Å². The molecule has 0 bridgehead atoms. The zero-order chi connectivity index (χ0) is 13.5. The molecule has 2 rings (SSSR count). The highest BCUT2D eigenvalue weighted by Crippen LogP contribution is 2.21. The fourth-order valence-electron chi connectivity index (χ4n) is 2.76. The van der Waals surface area contributed by atoms with Gasteiger partial charge < -0.3 is 9.73 Å². The van der Waals surface area contributed by atoms with Crippen molar-refractivity contribution in [2.24, 2.45) is 5.92 Å². The lowest BCUT2D eigenvalue weighted by Crippen LogP contribution is -2.32. The van der Waals surface area contributed by atoms with E-state index in [2.05, 4.69) is 36.2 Å². The smallest absolute Gasteiger partial charge is 0.118 e. The maximum absolute atomic E-state index is 5.88. The maximum atomic E-state index is 5.88. The van der Waals surface area contributed by atoms with Gasteiger partial charge in [0.2, 0.25) is 0 Å². The van der Waals surface area contributed by atoms with Crippen LogP contribution in [0.15, 0.2) is 16.5 Å². The minimum Gasteiger partial charge on any atom is -0.463 e. The van der Waals surface area contributed by atoms with Gasteiger partial charge in [0.05, 0.1) is 13.1 Å². The van der Waals surface area contributed by atoms with Gasteiger partial charge in [-0.1, -0.05) is 20.3 Å². The standard InChI is InChI=1S/C16H28N2O/c1-3-9-17-12-15-5-6-16(19-15)13-18-10-7-14(4-2)8-11-18/h5-6,14,17H,3-4,7-13H2,1-2H3. The van der Waals surface area contributed by atoms with E-state index < -0.39 is 0 Å². The third-order valence-corrected chi connectivity index (χ3v) is 4.11. The minimum atomic E-state index is 0.853. The first kappa shape index (κ1) is 14.6. The predicted molar refractivity (Wildman–Crippen MR) is 79.0 cm³/mol. The summed E-state index contributed by atoms with van der Waals surface area (Å²) in [5.74, 6) is 3.12. The van der Waals surface area contributed by atoms with Gasteiger partial charge in [0.15, 0.2) is 0 Å². The second-order valence-corrected chi connectivity index (χ2v) is 5.67. The Bertz CT molecular complexity index is 353. The summed E-state index contributed by atoms with van der Waals surface area (Å²) in [5, 5.41) is 3.37. The molecule has 0 saturated carbocycles. The van der Waals surface area contributed by atoms with Crippen molar-refractivity contribution in [3.05, 3.63) is 23.7 Å². The molecular weight excluding hydrogens is 236 g/mol. The molecule has 1 aliphatic rings. The molecule has 0 aromatic carbocycles. The molecule has 1 saturated heterocycles. The molecule has 19 heavy (non-hydrogen) atoms. The third kappa shape index (κ3) is 4.66. The van der Waals surface area contributed by atoms with Gasteiger partial charge in [-0.3, -0.25) is 4.90 Å². The molecule has 1 aliphatic heterocycles. The first-order valence-corrected chi connectivity index (χ1v) is 7.82. The van der Waals surface area contributed by atoms with Crippen LogP contribution in [0.1, 0.15) is 51.1 Å². The summed E-state index contributed by atoms with van der Waals surface area (Å²) in [4.78, 5) is 2.52. The van der Waals surface area contributed by atoms with Gasteiger partial charge in [-0.15, -0.1) is 0 Å². The quantitative estimate of drug-likeness (QED) is 0.765. The van der Waals surface area contributed by atoms with Crippen molar-refractivity contribution < 1.29 is 4.42 Å². The second-order valence-electron chi connectivity index (χ2n) is 5.67. The summed E-state index contributed by atoms with van der Waals surface area (Å²) in [7, 11) is 0. The number of likely N-dealkylation sites (tertiary alicyclic amines) is 1. The Morgan fingerprint density at radius 1 is 1.21 bits per heavy atom. The Hall–Kier alpha value is -0.800. The number of hydrogen-bond donors (Lipinski definition) is 1. The second kappa shape index (κ2) is 7.71. The van der Waals surface area contributed by atoms with E-state index in [1.165, 1.54) is 38.8 Å². The topological polar surface area (TPSA) is 28.4 Å². The molecule has 0 unspecified atom stereocenters. The molecule has 0 spiro atoms. The van der Waals surface area contributed by atoms with Crippen LogP contribution in [0.25, 0.3) is 0 Å². The Morgan fingerprint density at radius 2 is 1.95 bits per heavy atom. The minimum absolute atomic E-state index is 0.853. The summed E-state index contributed by atoms with van der Waals surface area (Å²) in [6, 6.07) is 4.24. The molecule has 0 aliphatic carbocycles. The largest absolute Gasteiger partial charge is 0.463 e. The molecule has 1 N–H and O–H groups in total. The van der Waals surface area contributed by atoms with Gasteiger partial charge >= 0.3 is 0 Å². The summed E-state index contributed by atoms with van der Waals surface area (Å²) >= 11 is 0. The lowest BCUT2D eigenvalue weighted by molar-refractivity contribution is 0.163. The van der Waals surface area contributed by atoms with Crippen molar-refractivity contribution in [2.45, 2.75) is 52.6 Å². The Morgan fingerprint density at radius 3 is 2.63 bits per heavy atom. The normalized spacial score (nSPS) is 18.0. The van der Waals surface area contributed by atoms with Gasteiger partial charge in [0, 0.05) is 0 Å². The summed E-state index contributed by atoms with van der Waals surface area (Å²) in [6.45, 7) is 9.82. The fraction of sp³-hybridized carbons (Fsp3) is 0.750. The van der Waals surface area contributed by atoms with Crippen molar-refractivity contribution in [3.63, 3.8) is 0 Å². The van der Waals surface area contributed by atoms with Crippen LogP contribution in [0.4, 0.5) is 0 Å². The molecular formula is C16H28N2O. The third-order valence-electron chi connectivity index (χ3n) is 4.11. The van der Waals surface area contributed by atoms with Crippen molar-refractivity contribution >= 4 is 0 Å². The van der Waals surface area contributed by atoms with Crippen LogP contribution in [-0.4, -0.2) is 24.5 Å². The predicted octanol–water partition coefficient (Wildman–Crippen LogP) is 3.40. The van der Waals surface area contributed by atoms with E-state index in [-0.39, 0.29) is 0 Å². The van der Waals surface area contributed by atoms with Crippen LogP contribution in [0, 0.1) is 5.92 Å². The van der Waals surface area contributed by atoms with E-state index in [0.29, 0.717) is 0 Å². The number of hydrogen-bond acceptors (Lipinski definition) is 3. The van der Waals surface area contributed by atoms with Crippen LogP contribution in [-0.2, 0) is 13.1 Å². The molecule has 1 fully saturated rings. The molecule has 3 nitrogen and oxygen atoms in total. The Kier molecular flexibility index (Phi) is 5.93. The summed E-state index contributed by atoms with van der Waals surface area (Å²) in [6.07, 6.45) is 5.20. The van der Waals surface area contributed by atoms with Crippen molar-refractivity contribution in [1.29, 1.82) is 0 Å². The van der Waals surface area contributed by atoms with Gasteiger partial charge in [0.1, 0.15) is 11.5 Å². The van der Waals surface area contributed by atoms with Crippen molar-refractivity contribution in [2.75, 3.05) is 19.6 Å². The molecule has 1 aromatic rings. The summed E-state index contributed by atoms with van der Waals surface area (Å²) < 4.78 is 5.88. The lowest BCUT2D eigenvalue weighted by atomic mass is 9.94. The van der Waals surface area contributed by atoms with Crippen LogP contribution in [0.3, 0.4) is 0 Å². The van der Waals surface area contributed by atoms with E-state index in [1.54, 1.807) is 0 Å². The number of nitrogens with one attached hydrogen (secondary N) is 1. The average Bonchev–Trinajstić information content (AvgIpc) is 2.88. The fourth-order valence-corrected chi connectivity index (χ4v) is 2.76. The SMILES string of the molecule is CCCNCc1ccc(CN2CCC(CC)CC2)o1. The van der Waals surface area contributed by atoms with Crippen LogP contribution in [0.2, 0.25) is 0 Å². The molecule has 0 amide bonds. The highest BCUT2D eigenvalue weighted by Gasteiger charge is 2.18.